The molecular formula is C21H20Br2N2O3. The number of nitrogens with zero attached hydrogens (tertiary/aromatic N) is 2. The van der Waals surface area contributed by atoms with Gasteiger partial charge in [0.05, 0.1) is 23.8 Å². The van der Waals surface area contributed by atoms with Crippen molar-refractivity contribution in [1.82, 2.24) is 4.90 Å². The summed E-state index contributed by atoms with van der Waals surface area (Å²) >= 11 is 6.79. The SMILES string of the molecule is O=C1C[C@H](N2CCC(O)(c3ccc(Br)cc3)CC2)C(=O)N1c1ccc(Br)cc1. The molecule has 0 aliphatic carbocycles. The number of piperidine rings is 1. The smallest absolute Gasteiger partial charge is 0.251 e. The van der Waals surface area contributed by atoms with Gasteiger partial charge in [-0.3, -0.25) is 14.5 Å². The molecule has 1 N–H and O–H groups in total. The van der Waals surface area contributed by atoms with E-state index in [2.05, 4.69) is 31.9 Å². The number of carbonyl (C=O) groups excluding carboxylic acids is 2. The summed E-state index contributed by atoms with van der Waals surface area (Å²) in [6.45, 7) is 1.15. The Kier molecular flexibility index (Phi) is 5.44. The molecule has 2 aliphatic rings. The minimum absolute atomic E-state index is 0.175. The topological polar surface area (TPSA) is 60.9 Å². The van der Waals surface area contributed by atoms with Crippen LogP contribution in [-0.2, 0) is 15.2 Å². The maximum absolute atomic E-state index is 13.0. The number of imide groups is 1. The molecule has 2 heterocycles. The monoisotopic (exact) mass is 506 g/mol. The Morgan fingerprint density at radius 3 is 2.00 bits per heavy atom. The van der Waals surface area contributed by atoms with Crippen molar-refractivity contribution in [3.63, 3.8) is 0 Å². The van der Waals surface area contributed by atoms with Crippen LogP contribution in [0.1, 0.15) is 24.8 Å². The number of halogens is 2. The summed E-state index contributed by atoms with van der Waals surface area (Å²) in [4.78, 5) is 28.8. The minimum Gasteiger partial charge on any atom is -0.385 e. The van der Waals surface area contributed by atoms with Gasteiger partial charge in [0, 0.05) is 22.0 Å². The molecule has 1 atom stereocenters. The first kappa shape index (κ1) is 19.8. The van der Waals surface area contributed by atoms with Gasteiger partial charge in [-0.15, -0.1) is 0 Å². The third kappa shape index (κ3) is 3.68. The molecule has 2 fully saturated rings. The van der Waals surface area contributed by atoms with E-state index >= 15 is 0 Å². The Balaban J connectivity index is 1.46. The Bertz CT molecular complexity index is 891. The van der Waals surface area contributed by atoms with E-state index in [1.54, 1.807) is 12.1 Å². The molecule has 0 saturated carbocycles. The molecule has 28 heavy (non-hydrogen) atoms. The number of amides is 2. The standard InChI is InChI=1S/C21H20Br2N2O3/c22-15-3-1-14(2-4-15)21(28)9-11-24(12-10-21)18-13-19(26)25(20(18)27)17-7-5-16(23)6-8-17/h1-8,18,28H,9-13H2/t18-/m0/s1. The fourth-order valence-electron chi connectivity index (χ4n) is 4.02. The van der Waals surface area contributed by atoms with E-state index in [0.717, 1.165) is 14.5 Å². The van der Waals surface area contributed by atoms with Gasteiger partial charge < -0.3 is 5.11 Å². The number of anilines is 1. The Morgan fingerprint density at radius 2 is 1.43 bits per heavy atom. The van der Waals surface area contributed by atoms with Gasteiger partial charge in [-0.2, -0.15) is 0 Å². The maximum Gasteiger partial charge on any atom is 0.251 e. The van der Waals surface area contributed by atoms with Crippen LogP contribution in [0.5, 0.6) is 0 Å². The van der Waals surface area contributed by atoms with Gasteiger partial charge in [0.1, 0.15) is 0 Å². The number of likely N-dealkylation sites (tertiary alicyclic amines) is 1. The Labute approximate surface area is 180 Å². The van der Waals surface area contributed by atoms with E-state index in [0.29, 0.717) is 31.6 Å². The molecule has 2 aromatic carbocycles. The second-order valence-corrected chi connectivity index (χ2v) is 9.17. The van der Waals surface area contributed by atoms with Crippen LogP contribution in [0.2, 0.25) is 0 Å². The molecule has 0 aromatic heterocycles. The van der Waals surface area contributed by atoms with Gasteiger partial charge >= 0.3 is 0 Å². The third-order valence-corrected chi connectivity index (χ3v) is 6.71. The number of carbonyl (C=O) groups is 2. The molecule has 0 radical (unpaired) electrons. The summed E-state index contributed by atoms with van der Waals surface area (Å²) in [5.74, 6) is -0.354. The summed E-state index contributed by atoms with van der Waals surface area (Å²) < 4.78 is 1.87. The van der Waals surface area contributed by atoms with Gasteiger partial charge in [-0.25, -0.2) is 4.90 Å². The van der Waals surface area contributed by atoms with Gasteiger partial charge in [0.25, 0.3) is 5.91 Å². The van der Waals surface area contributed by atoms with Crippen LogP contribution in [0.15, 0.2) is 57.5 Å². The van der Waals surface area contributed by atoms with Crippen LogP contribution in [0.25, 0.3) is 0 Å². The van der Waals surface area contributed by atoms with E-state index < -0.39 is 11.6 Å². The predicted molar refractivity (Wildman–Crippen MR) is 114 cm³/mol. The molecule has 146 valence electrons. The van der Waals surface area contributed by atoms with Crippen molar-refractivity contribution in [2.75, 3.05) is 18.0 Å². The number of benzene rings is 2. The van der Waals surface area contributed by atoms with Crippen molar-refractivity contribution in [1.29, 1.82) is 0 Å². The highest BCUT2D eigenvalue weighted by Gasteiger charge is 2.45. The van der Waals surface area contributed by atoms with Crippen LogP contribution in [0.4, 0.5) is 5.69 Å². The molecular weight excluding hydrogens is 488 g/mol. The minimum atomic E-state index is -0.895. The summed E-state index contributed by atoms with van der Waals surface area (Å²) in [6, 6.07) is 14.4. The molecule has 0 bridgehead atoms. The molecule has 0 unspecified atom stereocenters. The van der Waals surface area contributed by atoms with Gasteiger partial charge in [0.2, 0.25) is 5.91 Å². The first-order valence-electron chi connectivity index (χ1n) is 9.22. The average molecular weight is 508 g/mol. The number of aliphatic hydroxyl groups is 1. The molecule has 2 amide bonds. The molecule has 2 aliphatic heterocycles. The highest BCUT2D eigenvalue weighted by atomic mass is 79.9. The predicted octanol–water partition coefficient (Wildman–Crippen LogP) is 3.83. The molecule has 2 saturated heterocycles. The van der Waals surface area contributed by atoms with E-state index in [1.165, 1.54) is 4.90 Å². The largest absolute Gasteiger partial charge is 0.385 e. The Hall–Kier alpha value is -1.54. The number of hydrogen-bond donors (Lipinski definition) is 1. The zero-order valence-electron chi connectivity index (χ0n) is 15.1. The van der Waals surface area contributed by atoms with Crippen molar-refractivity contribution in [3.8, 4) is 0 Å². The lowest BCUT2D eigenvalue weighted by atomic mass is 9.84. The molecule has 5 nitrogen and oxygen atoms in total. The van der Waals surface area contributed by atoms with E-state index in [1.807, 2.05) is 41.3 Å². The summed E-state index contributed by atoms with van der Waals surface area (Å²) in [6.07, 6.45) is 1.25. The molecule has 0 spiro atoms. The van der Waals surface area contributed by atoms with Crippen LogP contribution >= 0.6 is 31.9 Å². The fraction of sp³-hybridized carbons (Fsp3) is 0.333. The first-order valence-corrected chi connectivity index (χ1v) is 10.8. The van der Waals surface area contributed by atoms with Crippen molar-refractivity contribution < 1.29 is 14.7 Å². The number of hydrogen-bond acceptors (Lipinski definition) is 4. The summed E-state index contributed by atoms with van der Waals surface area (Å²) in [7, 11) is 0. The van der Waals surface area contributed by atoms with E-state index in [4.69, 9.17) is 0 Å². The molecule has 2 aromatic rings. The molecule has 7 heteroatoms. The van der Waals surface area contributed by atoms with Gasteiger partial charge in [0.15, 0.2) is 0 Å². The lowest BCUT2D eigenvalue weighted by molar-refractivity contribution is -0.124. The van der Waals surface area contributed by atoms with Crippen LogP contribution in [0, 0.1) is 0 Å². The normalized spacial score (nSPS) is 22.7. The van der Waals surface area contributed by atoms with E-state index in [9.17, 15) is 14.7 Å². The zero-order valence-corrected chi connectivity index (χ0v) is 18.3. The highest BCUT2D eigenvalue weighted by Crippen LogP contribution is 2.36. The second-order valence-electron chi connectivity index (χ2n) is 7.34. The second kappa shape index (κ2) is 7.71. The first-order chi connectivity index (χ1) is 13.4. The van der Waals surface area contributed by atoms with Crippen molar-refractivity contribution in [3.05, 3.63) is 63.0 Å². The van der Waals surface area contributed by atoms with Gasteiger partial charge in [-0.05, 0) is 54.8 Å². The van der Waals surface area contributed by atoms with Crippen LogP contribution in [0.3, 0.4) is 0 Å². The van der Waals surface area contributed by atoms with Crippen LogP contribution < -0.4 is 4.90 Å². The lowest BCUT2D eigenvalue weighted by Crippen LogP contribution is -2.49. The van der Waals surface area contributed by atoms with Gasteiger partial charge in [-0.1, -0.05) is 44.0 Å². The average Bonchev–Trinajstić information content (AvgIpc) is 2.98. The zero-order chi connectivity index (χ0) is 19.9. The third-order valence-electron chi connectivity index (χ3n) is 5.66. The number of rotatable bonds is 3. The van der Waals surface area contributed by atoms with Crippen molar-refractivity contribution in [2.45, 2.75) is 30.9 Å². The molecule has 4 rings (SSSR count). The van der Waals surface area contributed by atoms with E-state index in [-0.39, 0.29) is 18.2 Å². The summed E-state index contributed by atoms with van der Waals surface area (Å²) in [5.41, 5.74) is 0.596. The van der Waals surface area contributed by atoms with Crippen molar-refractivity contribution >= 4 is 49.4 Å². The maximum atomic E-state index is 13.0. The highest BCUT2D eigenvalue weighted by molar-refractivity contribution is 9.10. The summed E-state index contributed by atoms with van der Waals surface area (Å²) in [5, 5.41) is 11.1. The van der Waals surface area contributed by atoms with Crippen LogP contribution in [-0.4, -0.2) is 41.0 Å². The Morgan fingerprint density at radius 1 is 0.893 bits per heavy atom. The fourth-order valence-corrected chi connectivity index (χ4v) is 4.55. The lowest BCUT2D eigenvalue weighted by Gasteiger charge is -2.40. The van der Waals surface area contributed by atoms with Crippen molar-refractivity contribution in [2.24, 2.45) is 0 Å². The quantitative estimate of drug-likeness (QED) is 0.641.